The number of benzene rings is 2. The van der Waals surface area contributed by atoms with Crippen molar-refractivity contribution in [2.24, 2.45) is 0 Å². The fraction of sp³-hybridized carbons (Fsp3) is 0.118. The van der Waals surface area contributed by atoms with Crippen LogP contribution in [0.4, 0.5) is 0 Å². The summed E-state index contributed by atoms with van der Waals surface area (Å²) in [7, 11) is 1.66. The largest absolute Gasteiger partial charge is 0.497 e. The first kappa shape index (κ1) is 12.6. The Morgan fingerprint density at radius 3 is 2.35 bits per heavy atom. The van der Waals surface area contributed by atoms with Crippen molar-refractivity contribution >= 4 is 10.8 Å². The van der Waals surface area contributed by atoms with E-state index in [1.165, 1.54) is 0 Å². The van der Waals surface area contributed by atoms with Crippen LogP contribution in [0, 0.1) is 0 Å². The van der Waals surface area contributed by atoms with Gasteiger partial charge in [-0.15, -0.1) is 0 Å². The maximum Gasteiger partial charge on any atom is 0.119 e. The number of aliphatic hydroxyl groups is 1. The smallest absolute Gasteiger partial charge is 0.119 e. The van der Waals surface area contributed by atoms with Crippen molar-refractivity contribution in [3.8, 4) is 5.75 Å². The van der Waals surface area contributed by atoms with Crippen LogP contribution in [0.15, 0.2) is 60.9 Å². The van der Waals surface area contributed by atoms with Crippen LogP contribution in [-0.4, -0.2) is 17.2 Å². The van der Waals surface area contributed by atoms with Crippen molar-refractivity contribution in [3.05, 3.63) is 72.1 Å². The molecule has 0 radical (unpaired) electrons. The molecule has 0 amide bonds. The van der Waals surface area contributed by atoms with Crippen LogP contribution in [0.5, 0.6) is 5.75 Å². The van der Waals surface area contributed by atoms with Crippen molar-refractivity contribution in [1.82, 2.24) is 4.98 Å². The molecule has 3 heteroatoms. The molecule has 0 aliphatic heterocycles. The summed E-state index contributed by atoms with van der Waals surface area (Å²) in [6.45, 7) is 0. The summed E-state index contributed by atoms with van der Waals surface area (Å²) < 4.78 is 5.21. The van der Waals surface area contributed by atoms with Crippen molar-refractivity contribution < 1.29 is 9.84 Å². The molecule has 1 N–H and O–H groups in total. The van der Waals surface area contributed by atoms with Crippen LogP contribution in [-0.2, 0) is 0 Å². The molecule has 0 bridgehead atoms. The molecular formula is C17H15NO2. The van der Waals surface area contributed by atoms with Crippen molar-refractivity contribution in [2.45, 2.75) is 6.10 Å². The standard InChI is InChI=1S/C17H15NO2/c1-20-16-5-4-13-10-15(3-2-14(13)11-16)17(19)12-6-8-18-9-7-12/h2-11,17,19H,1H3. The lowest BCUT2D eigenvalue weighted by molar-refractivity contribution is 0.220. The van der Waals surface area contributed by atoms with Gasteiger partial charge >= 0.3 is 0 Å². The van der Waals surface area contributed by atoms with Crippen LogP contribution in [0.2, 0.25) is 0 Å². The van der Waals surface area contributed by atoms with Gasteiger partial charge in [0.15, 0.2) is 0 Å². The quantitative estimate of drug-likeness (QED) is 0.790. The topological polar surface area (TPSA) is 42.4 Å². The maximum atomic E-state index is 10.4. The number of hydrogen-bond acceptors (Lipinski definition) is 3. The Morgan fingerprint density at radius 2 is 1.60 bits per heavy atom. The lowest BCUT2D eigenvalue weighted by Crippen LogP contribution is -1.99. The summed E-state index contributed by atoms with van der Waals surface area (Å²) in [5, 5.41) is 12.6. The highest BCUT2D eigenvalue weighted by molar-refractivity contribution is 5.84. The van der Waals surface area contributed by atoms with Gasteiger partial charge in [0.1, 0.15) is 11.9 Å². The number of methoxy groups -OCH3 is 1. The highest BCUT2D eigenvalue weighted by Gasteiger charge is 2.10. The molecular weight excluding hydrogens is 250 g/mol. The van der Waals surface area contributed by atoms with E-state index in [-0.39, 0.29) is 0 Å². The van der Waals surface area contributed by atoms with Gasteiger partial charge < -0.3 is 9.84 Å². The minimum absolute atomic E-state index is 0.635. The third-order valence-corrected chi connectivity index (χ3v) is 3.41. The molecule has 0 saturated carbocycles. The zero-order chi connectivity index (χ0) is 13.9. The Bertz CT molecular complexity index is 725. The van der Waals surface area contributed by atoms with Gasteiger partial charge in [0.25, 0.3) is 0 Å². The Labute approximate surface area is 117 Å². The predicted octanol–water partition coefficient (Wildman–Crippen LogP) is 3.33. The average molecular weight is 265 g/mol. The molecule has 1 aromatic heterocycles. The van der Waals surface area contributed by atoms with Crippen molar-refractivity contribution in [2.75, 3.05) is 7.11 Å². The SMILES string of the molecule is COc1ccc2cc(C(O)c3ccncc3)ccc2c1. The zero-order valence-corrected chi connectivity index (χ0v) is 11.2. The minimum atomic E-state index is -0.635. The molecule has 1 heterocycles. The number of pyridine rings is 1. The van der Waals surface area contributed by atoms with Crippen LogP contribution < -0.4 is 4.74 Å². The van der Waals surface area contributed by atoms with Gasteiger partial charge in [-0.25, -0.2) is 0 Å². The number of aromatic nitrogens is 1. The van der Waals surface area contributed by atoms with Gasteiger partial charge in [-0.1, -0.05) is 18.2 Å². The summed E-state index contributed by atoms with van der Waals surface area (Å²) in [6.07, 6.45) is 2.74. The highest BCUT2D eigenvalue weighted by atomic mass is 16.5. The second-order valence-electron chi connectivity index (χ2n) is 4.66. The van der Waals surface area contributed by atoms with E-state index >= 15 is 0 Å². The van der Waals surface area contributed by atoms with E-state index in [1.54, 1.807) is 19.5 Å². The summed E-state index contributed by atoms with van der Waals surface area (Å²) in [6, 6.07) is 15.5. The van der Waals surface area contributed by atoms with Crippen molar-refractivity contribution in [3.63, 3.8) is 0 Å². The fourth-order valence-electron chi connectivity index (χ4n) is 2.28. The maximum absolute atomic E-state index is 10.4. The van der Waals surface area contributed by atoms with Gasteiger partial charge in [0, 0.05) is 12.4 Å². The molecule has 0 aliphatic carbocycles. The number of nitrogens with zero attached hydrogens (tertiary/aromatic N) is 1. The summed E-state index contributed by atoms with van der Waals surface area (Å²) >= 11 is 0. The molecule has 1 atom stereocenters. The second kappa shape index (κ2) is 5.31. The molecule has 0 saturated heterocycles. The monoisotopic (exact) mass is 265 g/mol. The molecule has 3 rings (SSSR count). The van der Waals surface area contributed by atoms with E-state index in [1.807, 2.05) is 48.5 Å². The molecule has 3 aromatic rings. The van der Waals surface area contributed by atoms with Gasteiger partial charge in [0.05, 0.1) is 7.11 Å². The predicted molar refractivity (Wildman–Crippen MR) is 78.8 cm³/mol. The number of aliphatic hydroxyl groups excluding tert-OH is 1. The average Bonchev–Trinajstić information content (AvgIpc) is 2.54. The number of fused-ring (bicyclic) bond motifs is 1. The molecule has 100 valence electrons. The molecule has 0 spiro atoms. The van der Waals surface area contributed by atoms with Crippen LogP contribution in [0.25, 0.3) is 10.8 Å². The van der Waals surface area contributed by atoms with E-state index in [0.29, 0.717) is 0 Å². The third kappa shape index (κ3) is 2.36. The van der Waals surface area contributed by atoms with E-state index in [9.17, 15) is 5.11 Å². The van der Waals surface area contributed by atoms with Gasteiger partial charge in [-0.3, -0.25) is 4.98 Å². The van der Waals surface area contributed by atoms with Gasteiger partial charge in [-0.2, -0.15) is 0 Å². The summed E-state index contributed by atoms with van der Waals surface area (Å²) in [4.78, 5) is 3.97. The first-order valence-electron chi connectivity index (χ1n) is 6.43. The zero-order valence-electron chi connectivity index (χ0n) is 11.2. The van der Waals surface area contributed by atoms with Crippen LogP contribution in [0.1, 0.15) is 17.2 Å². The summed E-state index contributed by atoms with van der Waals surface area (Å²) in [5.74, 6) is 0.833. The minimum Gasteiger partial charge on any atom is -0.497 e. The van der Waals surface area contributed by atoms with E-state index in [4.69, 9.17) is 4.74 Å². The molecule has 2 aromatic carbocycles. The Hall–Kier alpha value is -2.39. The number of ether oxygens (including phenoxy) is 1. The Morgan fingerprint density at radius 1 is 0.900 bits per heavy atom. The second-order valence-corrected chi connectivity index (χ2v) is 4.66. The lowest BCUT2D eigenvalue weighted by atomic mass is 9.99. The Balaban J connectivity index is 2.01. The van der Waals surface area contributed by atoms with Crippen molar-refractivity contribution in [1.29, 1.82) is 0 Å². The fourth-order valence-corrected chi connectivity index (χ4v) is 2.28. The molecule has 0 aliphatic rings. The normalized spacial score (nSPS) is 12.3. The first-order valence-corrected chi connectivity index (χ1v) is 6.43. The molecule has 0 fully saturated rings. The third-order valence-electron chi connectivity index (χ3n) is 3.41. The van der Waals surface area contributed by atoms with Crippen LogP contribution >= 0.6 is 0 Å². The van der Waals surface area contributed by atoms with E-state index in [0.717, 1.165) is 27.6 Å². The number of rotatable bonds is 3. The summed E-state index contributed by atoms with van der Waals surface area (Å²) in [5.41, 5.74) is 1.71. The Kier molecular flexibility index (Phi) is 3.35. The van der Waals surface area contributed by atoms with Crippen LogP contribution in [0.3, 0.4) is 0 Å². The highest BCUT2D eigenvalue weighted by Crippen LogP contribution is 2.27. The van der Waals surface area contributed by atoms with E-state index in [2.05, 4.69) is 4.98 Å². The first-order chi connectivity index (χ1) is 9.78. The number of hydrogen-bond donors (Lipinski definition) is 1. The van der Waals surface area contributed by atoms with Gasteiger partial charge in [0.2, 0.25) is 0 Å². The van der Waals surface area contributed by atoms with Gasteiger partial charge in [-0.05, 0) is 52.2 Å². The lowest BCUT2D eigenvalue weighted by Gasteiger charge is -2.12. The van der Waals surface area contributed by atoms with E-state index < -0.39 is 6.10 Å². The molecule has 3 nitrogen and oxygen atoms in total. The molecule has 20 heavy (non-hydrogen) atoms. The molecule has 1 unspecified atom stereocenters.